The molecule has 6 heteroatoms. The van der Waals surface area contributed by atoms with Crippen LogP contribution in [0.2, 0.25) is 0 Å². The van der Waals surface area contributed by atoms with Crippen molar-refractivity contribution in [1.82, 2.24) is 4.72 Å². The molecule has 0 spiro atoms. The molecule has 0 aliphatic carbocycles. The summed E-state index contributed by atoms with van der Waals surface area (Å²) in [5, 5.41) is 0. The summed E-state index contributed by atoms with van der Waals surface area (Å²) in [6, 6.07) is 7.15. The quantitative estimate of drug-likeness (QED) is 0.923. The van der Waals surface area contributed by atoms with Crippen LogP contribution in [-0.2, 0) is 16.6 Å². The Morgan fingerprint density at radius 3 is 2.42 bits per heavy atom. The molecular formula is C18H21NO4S. The lowest BCUT2D eigenvalue weighted by Crippen LogP contribution is -2.24. The molecule has 1 heterocycles. The van der Waals surface area contributed by atoms with Crippen LogP contribution in [0.5, 0.6) is 11.5 Å². The Bertz CT molecular complexity index is 904. The van der Waals surface area contributed by atoms with Gasteiger partial charge in [-0.3, -0.25) is 0 Å². The molecule has 0 bridgehead atoms. The molecule has 0 fully saturated rings. The van der Waals surface area contributed by atoms with Crippen LogP contribution in [0.1, 0.15) is 27.8 Å². The van der Waals surface area contributed by atoms with E-state index in [1.807, 2.05) is 33.8 Å². The molecule has 5 nitrogen and oxygen atoms in total. The van der Waals surface area contributed by atoms with E-state index in [0.717, 1.165) is 27.8 Å². The second kappa shape index (κ2) is 6.11. The van der Waals surface area contributed by atoms with Crippen LogP contribution in [-0.4, -0.2) is 15.2 Å². The van der Waals surface area contributed by atoms with E-state index in [2.05, 4.69) is 4.72 Å². The molecule has 0 saturated carbocycles. The average Bonchev–Trinajstić information content (AvgIpc) is 3.02. The molecule has 0 radical (unpaired) electrons. The molecule has 0 aromatic heterocycles. The Labute approximate surface area is 142 Å². The second-order valence-corrected chi connectivity index (χ2v) is 7.81. The summed E-state index contributed by atoms with van der Waals surface area (Å²) in [6.07, 6.45) is 0. The van der Waals surface area contributed by atoms with Crippen LogP contribution in [0.25, 0.3) is 0 Å². The van der Waals surface area contributed by atoms with Gasteiger partial charge in [-0.2, -0.15) is 0 Å². The summed E-state index contributed by atoms with van der Waals surface area (Å²) in [5.74, 6) is 1.33. The summed E-state index contributed by atoms with van der Waals surface area (Å²) >= 11 is 0. The van der Waals surface area contributed by atoms with Gasteiger partial charge in [-0.15, -0.1) is 0 Å². The zero-order valence-electron chi connectivity index (χ0n) is 14.3. The van der Waals surface area contributed by atoms with Crippen LogP contribution < -0.4 is 14.2 Å². The first-order valence-corrected chi connectivity index (χ1v) is 9.23. The van der Waals surface area contributed by atoms with Crippen molar-refractivity contribution in [2.75, 3.05) is 6.79 Å². The summed E-state index contributed by atoms with van der Waals surface area (Å²) in [5.41, 5.74) is 4.72. The fourth-order valence-electron chi connectivity index (χ4n) is 2.76. The normalized spacial score (nSPS) is 13.3. The number of rotatable bonds is 4. The van der Waals surface area contributed by atoms with Gasteiger partial charge in [0, 0.05) is 6.54 Å². The molecule has 2 aromatic carbocycles. The minimum Gasteiger partial charge on any atom is -0.454 e. The Hall–Kier alpha value is -2.05. The van der Waals surface area contributed by atoms with Crippen molar-refractivity contribution in [2.45, 2.75) is 39.1 Å². The van der Waals surface area contributed by atoms with Crippen molar-refractivity contribution in [3.8, 4) is 11.5 Å². The highest BCUT2D eigenvalue weighted by atomic mass is 32.2. The van der Waals surface area contributed by atoms with Gasteiger partial charge in [0.05, 0.1) is 4.90 Å². The zero-order valence-corrected chi connectivity index (χ0v) is 15.1. The van der Waals surface area contributed by atoms with Gasteiger partial charge < -0.3 is 9.47 Å². The maximum atomic E-state index is 12.7. The number of nitrogens with one attached hydrogen (secondary N) is 1. The number of ether oxygens (including phenoxy) is 2. The third kappa shape index (κ3) is 2.99. The first kappa shape index (κ1) is 16.8. The van der Waals surface area contributed by atoms with Gasteiger partial charge in [-0.1, -0.05) is 6.07 Å². The maximum absolute atomic E-state index is 12.7. The number of sulfonamides is 1. The SMILES string of the molecule is Cc1cc(S(=O)(=O)NCc2ccc3c(c2)OCO3)c(C)c(C)c1C. The van der Waals surface area contributed by atoms with E-state index in [1.165, 1.54) is 0 Å². The molecule has 1 N–H and O–H groups in total. The summed E-state index contributed by atoms with van der Waals surface area (Å²) in [7, 11) is -3.59. The molecule has 0 atom stereocenters. The van der Waals surface area contributed by atoms with Crippen LogP contribution in [0.4, 0.5) is 0 Å². The highest BCUT2D eigenvalue weighted by Crippen LogP contribution is 2.32. The Morgan fingerprint density at radius 2 is 1.67 bits per heavy atom. The van der Waals surface area contributed by atoms with Crippen molar-refractivity contribution >= 4 is 10.0 Å². The van der Waals surface area contributed by atoms with Crippen LogP contribution in [0.15, 0.2) is 29.2 Å². The number of hydrogen-bond acceptors (Lipinski definition) is 4. The first-order chi connectivity index (χ1) is 11.3. The van der Waals surface area contributed by atoms with E-state index < -0.39 is 10.0 Å². The summed E-state index contributed by atoms with van der Waals surface area (Å²) in [6.45, 7) is 8.13. The fraction of sp³-hybridized carbons (Fsp3) is 0.333. The van der Waals surface area contributed by atoms with Gasteiger partial charge >= 0.3 is 0 Å². The van der Waals surface area contributed by atoms with E-state index in [-0.39, 0.29) is 13.3 Å². The van der Waals surface area contributed by atoms with Crippen molar-refractivity contribution < 1.29 is 17.9 Å². The lowest BCUT2D eigenvalue weighted by Gasteiger charge is -2.15. The van der Waals surface area contributed by atoms with Gasteiger partial charge in [0.15, 0.2) is 11.5 Å². The highest BCUT2D eigenvalue weighted by molar-refractivity contribution is 7.89. The fourth-order valence-corrected chi connectivity index (χ4v) is 4.16. The van der Waals surface area contributed by atoms with E-state index >= 15 is 0 Å². The molecule has 24 heavy (non-hydrogen) atoms. The third-order valence-corrected chi connectivity index (χ3v) is 6.15. The Kier molecular flexibility index (Phi) is 4.27. The van der Waals surface area contributed by atoms with Gasteiger partial charge in [0.25, 0.3) is 0 Å². The van der Waals surface area contributed by atoms with Crippen molar-refractivity contribution in [1.29, 1.82) is 0 Å². The van der Waals surface area contributed by atoms with E-state index in [0.29, 0.717) is 16.4 Å². The number of hydrogen-bond donors (Lipinski definition) is 1. The summed E-state index contributed by atoms with van der Waals surface area (Å²) in [4.78, 5) is 0.337. The average molecular weight is 347 g/mol. The molecule has 128 valence electrons. The van der Waals surface area contributed by atoms with Gasteiger partial charge in [-0.05, 0) is 73.7 Å². The lowest BCUT2D eigenvalue weighted by atomic mass is 10.00. The standard InChI is InChI=1S/C18H21NO4S/c1-11-7-18(14(4)13(3)12(11)2)24(20,21)19-9-15-5-6-16-17(8-15)23-10-22-16/h5-8,19H,9-10H2,1-4H3. The molecule has 2 aromatic rings. The van der Waals surface area contributed by atoms with Crippen LogP contribution >= 0.6 is 0 Å². The van der Waals surface area contributed by atoms with Gasteiger partial charge in [0.1, 0.15) is 0 Å². The van der Waals surface area contributed by atoms with E-state index in [4.69, 9.17) is 9.47 Å². The van der Waals surface area contributed by atoms with E-state index in [1.54, 1.807) is 18.2 Å². The highest BCUT2D eigenvalue weighted by Gasteiger charge is 2.20. The first-order valence-electron chi connectivity index (χ1n) is 7.75. The molecule has 0 unspecified atom stereocenters. The second-order valence-electron chi connectivity index (χ2n) is 6.08. The number of benzene rings is 2. The Balaban J connectivity index is 1.85. The largest absolute Gasteiger partial charge is 0.454 e. The molecule has 1 aliphatic rings. The Morgan fingerprint density at radius 1 is 0.958 bits per heavy atom. The van der Waals surface area contributed by atoms with Crippen LogP contribution in [0, 0.1) is 27.7 Å². The lowest BCUT2D eigenvalue weighted by molar-refractivity contribution is 0.174. The summed E-state index contributed by atoms with van der Waals surface area (Å²) < 4.78 is 38.7. The number of aryl methyl sites for hydroxylation is 1. The third-order valence-electron chi connectivity index (χ3n) is 4.63. The van der Waals surface area contributed by atoms with E-state index in [9.17, 15) is 8.42 Å². The minimum atomic E-state index is -3.59. The smallest absolute Gasteiger partial charge is 0.241 e. The monoisotopic (exact) mass is 347 g/mol. The molecule has 3 rings (SSSR count). The van der Waals surface area contributed by atoms with Crippen molar-refractivity contribution in [3.63, 3.8) is 0 Å². The van der Waals surface area contributed by atoms with Crippen LogP contribution in [0.3, 0.4) is 0 Å². The molecule has 1 aliphatic heterocycles. The predicted molar refractivity (Wildman–Crippen MR) is 92.0 cm³/mol. The minimum absolute atomic E-state index is 0.199. The number of fused-ring (bicyclic) bond motifs is 1. The molecule has 0 amide bonds. The van der Waals surface area contributed by atoms with Gasteiger partial charge in [0.2, 0.25) is 16.8 Å². The predicted octanol–water partition coefficient (Wildman–Crippen LogP) is 3.13. The van der Waals surface area contributed by atoms with Crippen molar-refractivity contribution in [3.05, 3.63) is 52.1 Å². The topological polar surface area (TPSA) is 64.6 Å². The molecule has 0 saturated heterocycles. The maximum Gasteiger partial charge on any atom is 0.241 e. The zero-order chi connectivity index (χ0) is 17.5. The van der Waals surface area contributed by atoms with Gasteiger partial charge in [-0.25, -0.2) is 13.1 Å². The van der Waals surface area contributed by atoms with Crippen molar-refractivity contribution in [2.24, 2.45) is 0 Å². The molecular weight excluding hydrogens is 326 g/mol.